The van der Waals surface area contributed by atoms with Crippen LogP contribution in [0.3, 0.4) is 0 Å². The fourth-order valence-electron chi connectivity index (χ4n) is 3.75. The zero-order valence-electron chi connectivity index (χ0n) is 19.5. The molecule has 34 heavy (non-hydrogen) atoms. The SMILES string of the molecule is C=C(/N=C(\OC)c1cccc(=O)[nH]1)Nc1ccc(C)c(-c2cc3cnc(C)cc3n(C)c2=O)c1. The fraction of sp³-hybridized carbons (Fsp3) is 0.154. The number of nitrogens with one attached hydrogen (secondary N) is 2. The van der Waals surface area contributed by atoms with E-state index >= 15 is 0 Å². The Hall–Kier alpha value is -4.46. The maximum Gasteiger partial charge on any atom is 0.258 e. The van der Waals surface area contributed by atoms with Crippen molar-refractivity contribution in [2.45, 2.75) is 13.8 Å². The van der Waals surface area contributed by atoms with E-state index in [-0.39, 0.29) is 17.0 Å². The maximum absolute atomic E-state index is 13.2. The molecule has 8 heteroatoms. The van der Waals surface area contributed by atoms with Gasteiger partial charge in [-0.15, -0.1) is 0 Å². The van der Waals surface area contributed by atoms with Crippen molar-refractivity contribution in [3.05, 3.63) is 105 Å². The lowest BCUT2D eigenvalue weighted by Crippen LogP contribution is -2.19. The van der Waals surface area contributed by atoms with E-state index < -0.39 is 0 Å². The predicted molar refractivity (Wildman–Crippen MR) is 135 cm³/mol. The first-order valence-electron chi connectivity index (χ1n) is 10.6. The number of fused-ring (bicyclic) bond motifs is 1. The Morgan fingerprint density at radius 1 is 1.12 bits per heavy atom. The number of aromatic nitrogens is 3. The lowest BCUT2D eigenvalue weighted by atomic mass is 9.99. The largest absolute Gasteiger partial charge is 0.479 e. The van der Waals surface area contributed by atoms with E-state index in [2.05, 4.69) is 26.9 Å². The summed E-state index contributed by atoms with van der Waals surface area (Å²) in [6.45, 7) is 7.80. The third-order valence-corrected chi connectivity index (χ3v) is 5.49. The Balaban J connectivity index is 1.70. The van der Waals surface area contributed by atoms with Crippen LogP contribution in [0.1, 0.15) is 17.0 Å². The van der Waals surface area contributed by atoms with Gasteiger partial charge in [0.2, 0.25) is 11.5 Å². The summed E-state index contributed by atoms with van der Waals surface area (Å²) >= 11 is 0. The maximum atomic E-state index is 13.2. The van der Waals surface area contributed by atoms with Gasteiger partial charge in [0.15, 0.2) is 0 Å². The number of hydrogen-bond donors (Lipinski definition) is 2. The topological polar surface area (TPSA) is 101 Å². The van der Waals surface area contributed by atoms with Crippen LogP contribution in [-0.4, -0.2) is 27.5 Å². The number of aryl methyl sites for hydroxylation is 3. The molecule has 0 amide bonds. The minimum Gasteiger partial charge on any atom is -0.479 e. The zero-order chi connectivity index (χ0) is 24.4. The van der Waals surface area contributed by atoms with Crippen molar-refractivity contribution in [3.8, 4) is 11.1 Å². The average Bonchev–Trinajstić information content (AvgIpc) is 2.81. The third kappa shape index (κ3) is 4.52. The van der Waals surface area contributed by atoms with Gasteiger partial charge in [0.05, 0.1) is 12.6 Å². The highest BCUT2D eigenvalue weighted by atomic mass is 16.5. The number of benzene rings is 1. The Labute approximate surface area is 196 Å². The second kappa shape index (κ2) is 9.19. The molecule has 1 aromatic carbocycles. The Morgan fingerprint density at radius 2 is 1.91 bits per heavy atom. The minimum atomic E-state index is -0.258. The Kier molecular flexibility index (Phi) is 6.14. The number of rotatable bonds is 5. The first-order chi connectivity index (χ1) is 16.3. The molecule has 0 bridgehead atoms. The number of ether oxygens (including phenoxy) is 1. The standard InChI is InChI=1S/C26H25N5O3/c1-15-9-10-19(28-17(3)29-25(34-5)22-7-6-8-24(32)30-22)13-20(15)21-12-18-14-27-16(2)11-23(18)31(4)26(21)33/h6-14,28H,3H2,1-2,4-5H3,(H,30,32)/b29-25-. The summed E-state index contributed by atoms with van der Waals surface area (Å²) in [7, 11) is 3.23. The van der Waals surface area contributed by atoms with Gasteiger partial charge in [-0.1, -0.05) is 18.7 Å². The van der Waals surface area contributed by atoms with Crippen LogP contribution in [0.4, 0.5) is 5.69 Å². The number of aromatic amines is 1. The van der Waals surface area contributed by atoms with Crippen molar-refractivity contribution >= 4 is 22.5 Å². The van der Waals surface area contributed by atoms with Crippen LogP contribution >= 0.6 is 0 Å². The van der Waals surface area contributed by atoms with E-state index in [0.29, 0.717) is 22.8 Å². The number of H-pyrrole nitrogens is 1. The fourth-order valence-corrected chi connectivity index (χ4v) is 3.75. The van der Waals surface area contributed by atoms with Gasteiger partial charge in [0, 0.05) is 41.6 Å². The number of hydrogen-bond acceptors (Lipinski definition) is 6. The zero-order valence-corrected chi connectivity index (χ0v) is 19.5. The molecule has 0 radical (unpaired) electrons. The summed E-state index contributed by atoms with van der Waals surface area (Å²) in [6.07, 6.45) is 1.78. The summed E-state index contributed by atoms with van der Waals surface area (Å²) < 4.78 is 6.97. The van der Waals surface area contributed by atoms with Gasteiger partial charge in [-0.25, -0.2) is 0 Å². The Bertz CT molecular complexity index is 1560. The van der Waals surface area contributed by atoms with Crippen LogP contribution in [-0.2, 0) is 11.8 Å². The first kappa shape index (κ1) is 22.7. The Morgan fingerprint density at radius 3 is 2.65 bits per heavy atom. The van der Waals surface area contributed by atoms with E-state index in [1.165, 1.54) is 13.2 Å². The molecule has 2 N–H and O–H groups in total. The molecule has 0 aliphatic carbocycles. The molecule has 4 rings (SSSR count). The highest BCUT2D eigenvalue weighted by Gasteiger charge is 2.13. The summed E-state index contributed by atoms with van der Waals surface area (Å²) in [5.74, 6) is 0.524. The first-order valence-corrected chi connectivity index (χ1v) is 10.6. The van der Waals surface area contributed by atoms with Gasteiger partial charge < -0.3 is 19.6 Å². The van der Waals surface area contributed by atoms with E-state index in [0.717, 1.165) is 27.7 Å². The van der Waals surface area contributed by atoms with Crippen molar-refractivity contribution in [2.24, 2.45) is 12.0 Å². The van der Waals surface area contributed by atoms with Crippen LogP contribution in [0.25, 0.3) is 22.0 Å². The van der Waals surface area contributed by atoms with Gasteiger partial charge in [-0.2, -0.15) is 4.99 Å². The molecule has 0 saturated carbocycles. The number of nitrogens with zero attached hydrogens (tertiary/aromatic N) is 3. The van der Waals surface area contributed by atoms with Crippen LogP contribution < -0.4 is 16.4 Å². The van der Waals surface area contributed by atoms with E-state index in [1.807, 2.05) is 44.2 Å². The summed E-state index contributed by atoms with van der Waals surface area (Å²) in [6, 6.07) is 14.2. The third-order valence-electron chi connectivity index (χ3n) is 5.49. The van der Waals surface area contributed by atoms with Gasteiger partial charge >= 0.3 is 0 Å². The van der Waals surface area contributed by atoms with Crippen LogP contribution in [0.2, 0.25) is 0 Å². The molecule has 3 heterocycles. The molecule has 0 aliphatic rings. The molecule has 0 aliphatic heterocycles. The van der Waals surface area contributed by atoms with Crippen molar-refractivity contribution in [3.63, 3.8) is 0 Å². The van der Waals surface area contributed by atoms with Crippen LogP contribution in [0.15, 0.2) is 81.7 Å². The highest BCUT2D eigenvalue weighted by molar-refractivity contribution is 5.93. The van der Waals surface area contributed by atoms with Gasteiger partial charge in [-0.05, 0) is 55.3 Å². The quantitative estimate of drug-likeness (QED) is 0.351. The molecule has 4 aromatic rings. The van der Waals surface area contributed by atoms with Gasteiger partial charge in [0.1, 0.15) is 11.5 Å². The lowest BCUT2D eigenvalue weighted by Gasteiger charge is -2.14. The molecular formula is C26H25N5O3. The van der Waals surface area contributed by atoms with Gasteiger partial charge in [0.25, 0.3) is 5.56 Å². The second-order valence-electron chi connectivity index (χ2n) is 7.96. The van der Waals surface area contributed by atoms with Crippen LogP contribution in [0.5, 0.6) is 0 Å². The number of methoxy groups -OCH3 is 1. The molecule has 0 spiro atoms. The van der Waals surface area contributed by atoms with Gasteiger partial charge in [-0.3, -0.25) is 14.6 Å². The van der Waals surface area contributed by atoms with Crippen molar-refractivity contribution < 1.29 is 4.74 Å². The monoisotopic (exact) mass is 455 g/mol. The normalized spacial score (nSPS) is 11.5. The molecule has 0 saturated heterocycles. The summed E-state index contributed by atoms with van der Waals surface area (Å²) in [5.41, 5.74) is 4.81. The average molecular weight is 456 g/mol. The molecule has 8 nitrogen and oxygen atoms in total. The second-order valence-corrected chi connectivity index (χ2v) is 7.96. The van der Waals surface area contributed by atoms with Crippen molar-refractivity contribution in [1.29, 1.82) is 0 Å². The van der Waals surface area contributed by atoms with Crippen molar-refractivity contribution in [1.82, 2.24) is 14.5 Å². The predicted octanol–water partition coefficient (Wildman–Crippen LogP) is 3.88. The molecule has 172 valence electrons. The van der Waals surface area contributed by atoms with E-state index in [1.54, 1.807) is 29.9 Å². The minimum absolute atomic E-state index is 0.0927. The lowest BCUT2D eigenvalue weighted by molar-refractivity contribution is 0.402. The highest BCUT2D eigenvalue weighted by Crippen LogP contribution is 2.27. The van der Waals surface area contributed by atoms with Crippen LogP contribution in [0, 0.1) is 13.8 Å². The smallest absolute Gasteiger partial charge is 0.258 e. The number of anilines is 1. The summed E-state index contributed by atoms with van der Waals surface area (Å²) in [5, 5.41) is 4.02. The summed E-state index contributed by atoms with van der Waals surface area (Å²) in [4.78, 5) is 36.2. The number of pyridine rings is 3. The molecule has 0 atom stereocenters. The molecular weight excluding hydrogens is 430 g/mol. The van der Waals surface area contributed by atoms with Crippen molar-refractivity contribution in [2.75, 3.05) is 12.4 Å². The molecule has 0 unspecified atom stereocenters. The van der Waals surface area contributed by atoms with E-state index in [4.69, 9.17) is 4.74 Å². The molecule has 3 aromatic heterocycles. The van der Waals surface area contributed by atoms with E-state index in [9.17, 15) is 9.59 Å². The molecule has 0 fully saturated rings. The number of aliphatic imine (C=N–C) groups is 1.